The van der Waals surface area contributed by atoms with Crippen LogP contribution in [0.15, 0.2) is 40.4 Å². The summed E-state index contributed by atoms with van der Waals surface area (Å²) in [6.45, 7) is 14.2. The van der Waals surface area contributed by atoms with Gasteiger partial charge in [-0.1, -0.05) is 52.3 Å². The molecule has 3 saturated heterocycles. The highest BCUT2D eigenvalue weighted by atomic mass is 16.2. The number of hydrogen-bond acceptors (Lipinski definition) is 17. The highest BCUT2D eigenvalue weighted by molar-refractivity contribution is 6.00. The number of benzene rings is 1. The molecule has 0 bridgehead atoms. The summed E-state index contributed by atoms with van der Waals surface area (Å²) >= 11 is 0. The van der Waals surface area contributed by atoms with E-state index in [-0.39, 0.29) is 127 Å². The van der Waals surface area contributed by atoms with E-state index in [1.807, 2.05) is 52.0 Å². The first-order valence-electron chi connectivity index (χ1n) is 35.8. The van der Waals surface area contributed by atoms with Gasteiger partial charge in [0.25, 0.3) is 0 Å². The standard InChI is InChI=1S/C68H112N22O13/c1-9-37(4)53(70)63(100)87-49(33-36(2)3)66(103)90-32-18-26-52(90)62(99)86-48(34-42-35-78-44-20-11-10-19-43(42)44)59(96)85-46(21-12-13-27-69)57(94)82-41(8)65(102)89-31-17-24-50(89)60(97)79-38(5)55(92)81-40(7)64(101)88-30-16-25-51(88)61(98)80-39(6)56(93)84-47(23-15-29-77-68(74)75)58(95)83-45(54(71)91)22-14-28-76-67(72)73/h10-11,19-20,35-41,45-53,78H,9,12-18,21-34,69-70H2,1-8H3,(H2,71,91)(H,79,97)(H,80,98)(H,81,92)(H,82,94)(H,83,95)(H,84,93)(H,85,96)(H,86,99)(H,87,100)(H4,72,73,76)(H4,74,75,77)/t37-,38-,39-,40-,41-,45-,46-,47-,48-,49-,50-,51-,52-,53-/m0/s1. The molecule has 0 unspecified atom stereocenters. The lowest BCUT2D eigenvalue weighted by Crippen LogP contribution is -2.60. The molecule has 1 aromatic carbocycles. The molecular weight excluding hydrogens is 1330 g/mol. The number of nitrogens with one attached hydrogen (secondary N) is 10. The van der Waals surface area contributed by atoms with Crippen LogP contribution in [0.2, 0.25) is 0 Å². The van der Waals surface area contributed by atoms with E-state index in [4.69, 9.17) is 40.1 Å². The van der Waals surface area contributed by atoms with Crippen LogP contribution in [0.5, 0.6) is 0 Å². The molecule has 14 atom stereocenters. The third kappa shape index (κ3) is 25.1. The van der Waals surface area contributed by atoms with Gasteiger partial charge in [0.2, 0.25) is 76.8 Å². The molecule has 35 nitrogen and oxygen atoms in total. The summed E-state index contributed by atoms with van der Waals surface area (Å²) in [4.78, 5) is 196. The van der Waals surface area contributed by atoms with Crippen LogP contribution in [0.4, 0.5) is 0 Å². The van der Waals surface area contributed by atoms with Gasteiger partial charge in [-0.2, -0.15) is 0 Å². The summed E-state index contributed by atoms with van der Waals surface area (Å²) in [7, 11) is 0. The summed E-state index contributed by atoms with van der Waals surface area (Å²) in [6, 6.07) is -7.44. The molecule has 3 aliphatic heterocycles. The third-order valence-corrected chi connectivity index (χ3v) is 18.9. The van der Waals surface area contributed by atoms with Gasteiger partial charge in [0, 0.05) is 56.2 Å². The van der Waals surface area contributed by atoms with Gasteiger partial charge >= 0.3 is 0 Å². The number of hydrogen-bond donors (Lipinski definition) is 17. The molecule has 1 aromatic heterocycles. The Morgan fingerprint density at radius 3 is 1.42 bits per heavy atom. The number of H-pyrrole nitrogens is 1. The van der Waals surface area contributed by atoms with Gasteiger partial charge in [-0.15, -0.1) is 0 Å². The lowest BCUT2D eigenvalue weighted by atomic mass is 9.97. The zero-order chi connectivity index (χ0) is 76.4. The quantitative estimate of drug-likeness (QED) is 0.0173. The fraction of sp³-hybridized carbons (Fsp3) is 0.662. The number of aromatic amines is 1. The maximum absolute atomic E-state index is 14.8. The smallest absolute Gasteiger partial charge is 0.245 e. The average Bonchev–Trinajstić information content (AvgIpc) is 1.74. The van der Waals surface area contributed by atoms with E-state index in [1.54, 1.807) is 6.20 Å². The SMILES string of the molecule is CC[C@H](C)[C@H](N)C(=O)N[C@@H](CC(C)C)C(=O)N1CCC[C@H]1C(=O)N[C@@H](Cc1c[nH]c2ccccc12)C(=O)N[C@@H](CCCCN)C(=O)N[C@@H](C)C(=O)N1CCC[C@H]1C(=O)N[C@@H](C)C(=O)N[C@@H](C)C(=O)N1CCC[C@H]1C(=O)N[C@@H](C)C(=O)N[C@@H](CCCN=C(N)N)C(=O)N[C@@H](CCCN=C(N)N)C(N)=O. The molecule has 13 amide bonds. The van der Waals surface area contributed by atoms with E-state index in [2.05, 4.69) is 62.8 Å². The Hall–Kier alpha value is -9.67. The lowest BCUT2D eigenvalue weighted by Gasteiger charge is -2.31. The van der Waals surface area contributed by atoms with Gasteiger partial charge in [-0.3, -0.25) is 72.3 Å². The summed E-state index contributed by atoms with van der Waals surface area (Å²) in [5.74, 6) is -9.30. The van der Waals surface area contributed by atoms with Crippen LogP contribution in [-0.2, 0) is 68.7 Å². The largest absolute Gasteiger partial charge is 0.370 e. The molecule has 0 radical (unpaired) electrons. The van der Waals surface area contributed by atoms with Crippen LogP contribution in [0.1, 0.15) is 157 Å². The number of nitrogens with zero attached hydrogens (tertiary/aromatic N) is 5. The van der Waals surface area contributed by atoms with Crippen LogP contribution < -0.4 is 88.0 Å². The normalized spacial score (nSPS) is 18.9. The van der Waals surface area contributed by atoms with Crippen molar-refractivity contribution in [3.8, 4) is 0 Å². The number of para-hydroxylation sites is 1. The van der Waals surface area contributed by atoms with Gasteiger partial charge in [-0.05, 0) is 148 Å². The van der Waals surface area contributed by atoms with Crippen LogP contribution in [0.25, 0.3) is 10.9 Å². The minimum absolute atomic E-state index is 0.00620. The average molecular weight is 1450 g/mol. The second kappa shape index (κ2) is 40.8. The Bertz CT molecular complexity index is 3360. The molecule has 0 aliphatic carbocycles. The molecule has 3 fully saturated rings. The third-order valence-electron chi connectivity index (χ3n) is 18.9. The molecule has 5 rings (SSSR count). The molecule has 24 N–H and O–H groups in total. The predicted octanol–water partition coefficient (Wildman–Crippen LogP) is -3.73. The first kappa shape index (κ1) is 84.0. The number of likely N-dealkylation sites (tertiary alicyclic amines) is 3. The summed E-state index contributed by atoms with van der Waals surface area (Å²) in [5.41, 5.74) is 40.8. The van der Waals surface area contributed by atoms with Crippen LogP contribution in [0.3, 0.4) is 0 Å². The van der Waals surface area contributed by atoms with E-state index in [1.165, 1.54) is 42.4 Å². The molecule has 103 heavy (non-hydrogen) atoms. The molecule has 572 valence electrons. The Kier molecular flexibility index (Phi) is 33.3. The monoisotopic (exact) mass is 1440 g/mol. The first-order chi connectivity index (χ1) is 48.8. The van der Waals surface area contributed by atoms with E-state index >= 15 is 0 Å². The molecule has 4 heterocycles. The lowest BCUT2D eigenvalue weighted by molar-refractivity contribution is -0.143. The van der Waals surface area contributed by atoms with E-state index in [0.717, 1.165) is 10.9 Å². The fourth-order valence-corrected chi connectivity index (χ4v) is 12.8. The van der Waals surface area contributed by atoms with Crippen molar-refractivity contribution in [1.82, 2.24) is 67.5 Å². The number of amides is 13. The van der Waals surface area contributed by atoms with Gasteiger partial charge in [0.1, 0.15) is 72.5 Å². The van der Waals surface area contributed by atoms with E-state index in [9.17, 15) is 62.3 Å². The van der Waals surface area contributed by atoms with Crippen LogP contribution >= 0.6 is 0 Å². The van der Waals surface area contributed by atoms with Gasteiger partial charge < -0.3 is 108 Å². The minimum Gasteiger partial charge on any atom is -0.370 e. The van der Waals surface area contributed by atoms with Gasteiger partial charge in [0.05, 0.1) is 6.04 Å². The minimum atomic E-state index is -1.29. The molecule has 0 spiro atoms. The van der Waals surface area contributed by atoms with Crippen molar-refractivity contribution in [2.75, 3.05) is 39.3 Å². The number of fused-ring (bicyclic) bond motifs is 1. The molecule has 0 saturated carbocycles. The van der Waals surface area contributed by atoms with Crippen LogP contribution in [0, 0.1) is 11.8 Å². The number of guanidine groups is 2. The number of carbonyl (C=O) groups excluding carboxylic acids is 13. The number of aromatic nitrogens is 1. The van der Waals surface area contributed by atoms with Crippen molar-refractivity contribution in [3.05, 3.63) is 36.0 Å². The Balaban J connectivity index is 1.20. The summed E-state index contributed by atoms with van der Waals surface area (Å²) < 4.78 is 0. The first-order valence-corrected chi connectivity index (χ1v) is 35.8. The Morgan fingerprint density at radius 2 is 0.922 bits per heavy atom. The van der Waals surface area contributed by atoms with Crippen molar-refractivity contribution >= 4 is 99.6 Å². The second-order valence-corrected chi connectivity index (χ2v) is 27.5. The fourth-order valence-electron chi connectivity index (χ4n) is 12.8. The Morgan fingerprint density at radius 1 is 0.495 bits per heavy atom. The maximum atomic E-state index is 14.8. The van der Waals surface area contributed by atoms with E-state index in [0.29, 0.717) is 44.1 Å². The highest BCUT2D eigenvalue weighted by Gasteiger charge is 2.43. The van der Waals surface area contributed by atoms with E-state index < -0.39 is 155 Å². The summed E-state index contributed by atoms with van der Waals surface area (Å²) in [5, 5.41) is 25.1. The van der Waals surface area contributed by atoms with Crippen molar-refractivity contribution in [2.45, 2.75) is 237 Å². The van der Waals surface area contributed by atoms with Crippen molar-refractivity contribution in [3.63, 3.8) is 0 Å². The molecular formula is C68H112N22O13. The Labute approximate surface area is 601 Å². The zero-order valence-electron chi connectivity index (χ0n) is 60.7. The van der Waals surface area contributed by atoms with Crippen molar-refractivity contribution in [2.24, 2.45) is 62.0 Å². The number of nitrogens with two attached hydrogens (primary N) is 7. The number of aliphatic imine (C=N–C) groups is 2. The maximum Gasteiger partial charge on any atom is 0.245 e. The topological polar surface area (TPSA) is 563 Å². The second-order valence-electron chi connectivity index (χ2n) is 27.5. The molecule has 3 aliphatic rings. The predicted molar refractivity (Wildman–Crippen MR) is 385 cm³/mol. The number of primary amides is 1. The molecule has 2 aromatic rings. The van der Waals surface area contributed by atoms with Crippen molar-refractivity contribution < 1.29 is 62.3 Å². The van der Waals surface area contributed by atoms with Gasteiger partial charge in [-0.25, -0.2) is 0 Å². The molecule has 35 heteroatoms. The number of carbonyl (C=O) groups is 13. The van der Waals surface area contributed by atoms with Crippen molar-refractivity contribution in [1.29, 1.82) is 0 Å². The van der Waals surface area contributed by atoms with Crippen LogP contribution in [-0.4, -0.2) is 226 Å². The number of unbranched alkanes of at least 4 members (excludes halogenated alkanes) is 1. The highest BCUT2D eigenvalue weighted by Crippen LogP contribution is 2.25. The zero-order valence-corrected chi connectivity index (χ0v) is 60.7. The van der Waals surface area contributed by atoms with Gasteiger partial charge in [0.15, 0.2) is 11.9 Å². The summed E-state index contributed by atoms with van der Waals surface area (Å²) in [6.07, 6.45) is 6.08. The number of rotatable bonds is 40.